The van der Waals surface area contributed by atoms with Crippen LogP contribution in [0.25, 0.3) is 0 Å². The third-order valence-corrected chi connectivity index (χ3v) is 6.01. The number of hydrogen-bond acceptors (Lipinski definition) is 5. The van der Waals surface area contributed by atoms with Crippen molar-refractivity contribution in [2.75, 3.05) is 12.9 Å². The SMILES string of the molecule is COc1ccc(CN(C(=O)CSc2n[nH]c(=O)n2Cc2ccccc2)C2CC2)cc1. The van der Waals surface area contributed by atoms with Gasteiger partial charge >= 0.3 is 5.69 Å². The lowest BCUT2D eigenvalue weighted by Gasteiger charge is -2.22. The van der Waals surface area contributed by atoms with Crippen LogP contribution < -0.4 is 10.4 Å². The molecule has 0 atom stereocenters. The van der Waals surface area contributed by atoms with Crippen molar-refractivity contribution in [3.63, 3.8) is 0 Å². The van der Waals surface area contributed by atoms with E-state index < -0.39 is 0 Å². The molecule has 1 amide bonds. The number of ether oxygens (including phenoxy) is 1. The molecule has 1 aliphatic carbocycles. The highest BCUT2D eigenvalue weighted by molar-refractivity contribution is 7.99. The van der Waals surface area contributed by atoms with E-state index in [1.54, 1.807) is 11.7 Å². The lowest BCUT2D eigenvalue weighted by atomic mass is 10.2. The lowest BCUT2D eigenvalue weighted by Crippen LogP contribution is -2.34. The number of thioether (sulfide) groups is 1. The van der Waals surface area contributed by atoms with Crippen molar-refractivity contribution >= 4 is 17.7 Å². The van der Waals surface area contributed by atoms with Crippen LogP contribution in [0.3, 0.4) is 0 Å². The monoisotopic (exact) mass is 424 g/mol. The Morgan fingerprint density at radius 1 is 1.17 bits per heavy atom. The van der Waals surface area contributed by atoms with Gasteiger partial charge in [-0.1, -0.05) is 54.2 Å². The molecule has 2 aromatic carbocycles. The number of benzene rings is 2. The molecule has 0 spiro atoms. The molecule has 1 heterocycles. The summed E-state index contributed by atoms with van der Waals surface area (Å²) in [5.74, 6) is 1.10. The third kappa shape index (κ3) is 4.94. The number of nitrogens with one attached hydrogen (secondary N) is 1. The molecule has 1 fully saturated rings. The summed E-state index contributed by atoms with van der Waals surface area (Å²) in [5, 5.41) is 7.13. The van der Waals surface area contributed by atoms with Crippen molar-refractivity contribution in [3.05, 3.63) is 76.2 Å². The van der Waals surface area contributed by atoms with Crippen molar-refractivity contribution in [1.82, 2.24) is 19.7 Å². The molecule has 1 saturated carbocycles. The molecule has 1 aromatic heterocycles. The number of nitrogens with zero attached hydrogens (tertiary/aromatic N) is 3. The predicted octanol–water partition coefficient (Wildman–Crippen LogP) is 2.91. The Morgan fingerprint density at radius 2 is 1.90 bits per heavy atom. The first-order valence-electron chi connectivity index (χ1n) is 9.88. The van der Waals surface area contributed by atoms with Crippen LogP contribution in [0.15, 0.2) is 64.5 Å². The number of rotatable bonds is 9. The van der Waals surface area contributed by atoms with Gasteiger partial charge in [-0.05, 0) is 36.1 Å². The summed E-state index contributed by atoms with van der Waals surface area (Å²) in [4.78, 5) is 27.0. The maximum atomic E-state index is 13.0. The molecule has 0 bridgehead atoms. The lowest BCUT2D eigenvalue weighted by molar-refractivity contribution is -0.129. The number of carbonyl (C=O) groups is 1. The van der Waals surface area contributed by atoms with Gasteiger partial charge in [0.15, 0.2) is 5.16 Å². The Kier molecular flexibility index (Phi) is 6.23. The van der Waals surface area contributed by atoms with E-state index in [-0.39, 0.29) is 17.3 Å². The van der Waals surface area contributed by atoms with Crippen molar-refractivity contribution in [1.29, 1.82) is 0 Å². The minimum atomic E-state index is -0.272. The van der Waals surface area contributed by atoms with Gasteiger partial charge in [-0.3, -0.25) is 9.36 Å². The summed E-state index contributed by atoms with van der Waals surface area (Å²) in [6, 6.07) is 17.8. The molecule has 156 valence electrons. The van der Waals surface area contributed by atoms with Gasteiger partial charge in [-0.25, -0.2) is 9.89 Å². The van der Waals surface area contributed by atoms with E-state index in [9.17, 15) is 9.59 Å². The zero-order valence-corrected chi connectivity index (χ0v) is 17.6. The van der Waals surface area contributed by atoms with Gasteiger partial charge in [0.25, 0.3) is 0 Å². The summed E-state index contributed by atoms with van der Waals surface area (Å²) in [6.45, 7) is 0.996. The number of methoxy groups -OCH3 is 1. The molecule has 3 aromatic rings. The maximum Gasteiger partial charge on any atom is 0.344 e. The molecular formula is C22H24N4O3S. The molecule has 0 radical (unpaired) electrons. The van der Waals surface area contributed by atoms with Crippen LogP contribution in [0.2, 0.25) is 0 Å². The fourth-order valence-electron chi connectivity index (χ4n) is 3.26. The smallest absolute Gasteiger partial charge is 0.344 e. The number of aromatic nitrogens is 3. The predicted molar refractivity (Wildman–Crippen MR) is 116 cm³/mol. The van der Waals surface area contributed by atoms with E-state index in [4.69, 9.17) is 4.74 Å². The summed E-state index contributed by atoms with van der Waals surface area (Å²) in [7, 11) is 1.64. The highest BCUT2D eigenvalue weighted by Gasteiger charge is 2.32. The first-order valence-corrected chi connectivity index (χ1v) is 10.9. The third-order valence-electron chi connectivity index (χ3n) is 5.05. The highest BCUT2D eigenvalue weighted by atomic mass is 32.2. The Hall–Kier alpha value is -3.00. The summed E-state index contributed by atoms with van der Waals surface area (Å²) in [6.07, 6.45) is 2.07. The average molecular weight is 425 g/mol. The minimum Gasteiger partial charge on any atom is -0.497 e. The van der Waals surface area contributed by atoms with Crippen LogP contribution in [0.5, 0.6) is 5.75 Å². The standard InChI is InChI=1S/C22H24N4O3S/c1-29-19-11-7-17(8-12-19)13-25(18-9-10-18)20(27)15-30-22-24-23-21(28)26(22)14-16-5-3-2-4-6-16/h2-8,11-12,18H,9-10,13-15H2,1H3,(H,23,28). The van der Waals surface area contributed by atoms with E-state index in [2.05, 4.69) is 10.2 Å². The fraction of sp³-hybridized carbons (Fsp3) is 0.318. The molecule has 0 unspecified atom stereocenters. The van der Waals surface area contributed by atoms with E-state index in [1.165, 1.54) is 11.8 Å². The zero-order chi connectivity index (χ0) is 20.9. The van der Waals surface area contributed by atoms with Gasteiger partial charge in [-0.15, -0.1) is 5.10 Å². The minimum absolute atomic E-state index is 0.0556. The summed E-state index contributed by atoms with van der Waals surface area (Å²) < 4.78 is 6.77. The molecule has 8 heteroatoms. The Bertz CT molecular complexity index is 1040. The largest absolute Gasteiger partial charge is 0.497 e. The fourth-order valence-corrected chi connectivity index (χ4v) is 4.09. The second kappa shape index (κ2) is 9.21. The molecular weight excluding hydrogens is 400 g/mol. The van der Waals surface area contributed by atoms with E-state index in [0.29, 0.717) is 24.3 Å². The van der Waals surface area contributed by atoms with Crippen LogP contribution in [0.1, 0.15) is 24.0 Å². The molecule has 1 N–H and O–H groups in total. The van der Waals surface area contributed by atoms with Gasteiger partial charge < -0.3 is 9.64 Å². The van der Waals surface area contributed by atoms with Crippen molar-refractivity contribution < 1.29 is 9.53 Å². The number of hydrogen-bond donors (Lipinski definition) is 1. The Labute approximate surface area is 179 Å². The quantitative estimate of drug-likeness (QED) is 0.534. The van der Waals surface area contributed by atoms with Crippen molar-refractivity contribution in [2.45, 2.75) is 37.1 Å². The summed E-state index contributed by atoms with van der Waals surface area (Å²) >= 11 is 1.29. The molecule has 1 aliphatic rings. The second-order valence-corrected chi connectivity index (χ2v) is 8.22. The van der Waals surface area contributed by atoms with Crippen LogP contribution >= 0.6 is 11.8 Å². The Balaban J connectivity index is 1.41. The van der Waals surface area contributed by atoms with Gasteiger partial charge in [0, 0.05) is 12.6 Å². The van der Waals surface area contributed by atoms with Crippen molar-refractivity contribution in [3.8, 4) is 5.75 Å². The normalized spacial score (nSPS) is 13.2. The van der Waals surface area contributed by atoms with Gasteiger partial charge in [0.1, 0.15) is 5.75 Å². The number of carbonyl (C=O) groups excluding carboxylic acids is 1. The number of H-pyrrole nitrogens is 1. The van der Waals surface area contributed by atoms with Gasteiger partial charge in [0.2, 0.25) is 5.91 Å². The molecule has 30 heavy (non-hydrogen) atoms. The first-order chi connectivity index (χ1) is 14.6. The van der Waals surface area contributed by atoms with Gasteiger partial charge in [0.05, 0.1) is 19.4 Å². The zero-order valence-electron chi connectivity index (χ0n) is 16.8. The topological polar surface area (TPSA) is 80.2 Å². The van der Waals surface area contributed by atoms with E-state index in [1.807, 2.05) is 59.5 Å². The van der Waals surface area contributed by atoms with E-state index in [0.717, 1.165) is 29.7 Å². The molecule has 0 aliphatic heterocycles. The van der Waals surface area contributed by atoms with Crippen molar-refractivity contribution in [2.24, 2.45) is 0 Å². The molecule has 4 rings (SSSR count). The van der Waals surface area contributed by atoms with Gasteiger partial charge in [-0.2, -0.15) is 0 Å². The van der Waals surface area contributed by atoms with E-state index >= 15 is 0 Å². The maximum absolute atomic E-state index is 13.0. The van der Waals surface area contributed by atoms with Crippen LogP contribution in [0, 0.1) is 0 Å². The molecule has 0 saturated heterocycles. The highest BCUT2D eigenvalue weighted by Crippen LogP contribution is 2.30. The number of amides is 1. The average Bonchev–Trinajstić information content (AvgIpc) is 3.56. The molecule has 7 nitrogen and oxygen atoms in total. The Morgan fingerprint density at radius 3 is 2.57 bits per heavy atom. The van der Waals surface area contributed by atoms with Crippen LogP contribution in [0.4, 0.5) is 0 Å². The number of aromatic amines is 1. The summed E-state index contributed by atoms with van der Waals surface area (Å²) in [5.41, 5.74) is 1.81. The first kappa shape index (κ1) is 20.3. The van der Waals surface area contributed by atoms with Crippen LogP contribution in [-0.4, -0.2) is 44.5 Å². The second-order valence-electron chi connectivity index (χ2n) is 7.27. The van der Waals surface area contributed by atoms with Crippen LogP contribution in [-0.2, 0) is 17.9 Å².